The number of rotatable bonds is 4. The lowest BCUT2D eigenvalue weighted by Gasteiger charge is -2.17. The van der Waals surface area contributed by atoms with Gasteiger partial charge in [-0.2, -0.15) is 0 Å². The third-order valence-electron chi connectivity index (χ3n) is 3.06. The molecule has 0 bridgehead atoms. The molecule has 1 heterocycles. The molecule has 0 aliphatic carbocycles. The molecule has 1 aromatic carbocycles. The third-order valence-corrected chi connectivity index (χ3v) is 3.30. The van der Waals surface area contributed by atoms with Gasteiger partial charge in [0, 0.05) is 29.6 Å². The summed E-state index contributed by atoms with van der Waals surface area (Å²) in [6.07, 6.45) is 0. The van der Waals surface area contributed by atoms with Crippen LogP contribution >= 0.6 is 11.6 Å². The molecule has 1 aromatic heterocycles. The summed E-state index contributed by atoms with van der Waals surface area (Å²) in [6.45, 7) is 1.15. The number of likely N-dealkylation sites (N-methyl/N-ethyl adjacent to an activating group) is 1. The molecule has 1 N–H and O–H groups in total. The summed E-state index contributed by atoms with van der Waals surface area (Å²) in [5, 5.41) is 10.2. The summed E-state index contributed by atoms with van der Waals surface area (Å²) < 4.78 is 1.63. The smallest absolute Gasteiger partial charge is 0.352 e. The molecule has 0 amide bonds. The Hall–Kier alpha value is -1.85. The molecule has 0 radical (unpaired) electrons. The van der Waals surface area contributed by atoms with E-state index in [9.17, 15) is 14.7 Å². The van der Waals surface area contributed by atoms with Crippen molar-refractivity contribution in [1.29, 1.82) is 0 Å². The number of hydrogen-bond donors (Lipinski definition) is 1. The summed E-state index contributed by atoms with van der Waals surface area (Å²) >= 11 is 5.90. The fourth-order valence-corrected chi connectivity index (χ4v) is 2.24. The van der Waals surface area contributed by atoms with Crippen molar-refractivity contribution in [3.63, 3.8) is 0 Å². The van der Waals surface area contributed by atoms with E-state index in [0.29, 0.717) is 29.0 Å². The van der Waals surface area contributed by atoms with Gasteiger partial charge < -0.3 is 14.6 Å². The highest BCUT2D eigenvalue weighted by Gasteiger charge is 2.14. The first kappa shape index (κ1) is 14.6. The van der Waals surface area contributed by atoms with Crippen LogP contribution in [0.1, 0.15) is 10.5 Å². The SMILES string of the molecule is CN(C)CCn1c(C(=O)O)cc(=O)c2cc(Cl)ccc21. The number of aromatic nitrogens is 1. The highest BCUT2D eigenvalue weighted by molar-refractivity contribution is 6.31. The molecule has 0 aliphatic rings. The van der Waals surface area contributed by atoms with Crippen molar-refractivity contribution < 1.29 is 9.90 Å². The summed E-state index contributed by atoms with van der Waals surface area (Å²) in [4.78, 5) is 25.3. The predicted molar refractivity (Wildman–Crippen MR) is 78.7 cm³/mol. The van der Waals surface area contributed by atoms with Crippen LogP contribution in [0.15, 0.2) is 29.1 Å². The van der Waals surface area contributed by atoms with Crippen LogP contribution in [0.5, 0.6) is 0 Å². The zero-order chi connectivity index (χ0) is 14.9. The van der Waals surface area contributed by atoms with Gasteiger partial charge in [0.25, 0.3) is 0 Å². The first-order valence-electron chi connectivity index (χ1n) is 6.11. The molecule has 6 heteroatoms. The summed E-state index contributed by atoms with van der Waals surface area (Å²) in [5.41, 5.74) is 0.244. The number of carbonyl (C=O) groups is 1. The van der Waals surface area contributed by atoms with Crippen LogP contribution in [0, 0.1) is 0 Å². The highest BCUT2D eigenvalue weighted by atomic mass is 35.5. The average molecular weight is 295 g/mol. The number of aromatic carboxylic acids is 1. The second kappa shape index (κ2) is 5.64. The van der Waals surface area contributed by atoms with Crippen LogP contribution in [-0.4, -0.2) is 41.2 Å². The second-order valence-corrected chi connectivity index (χ2v) is 5.25. The summed E-state index contributed by atoms with van der Waals surface area (Å²) in [7, 11) is 3.81. The highest BCUT2D eigenvalue weighted by Crippen LogP contribution is 2.18. The standard InChI is InChI=1S/C14H15ClN2O3/c1-16(2)5-6-17-11-4-3-9(15)7-10(11)13(18)8-12(17)14(19)20/h3-4,7-8H,5-6H2,1-2H3,(H,19,20). The average Bonchev–Trinajstić information content (AvgIpc) is 2.37. The molecule has 0 atom stereocenters. The maximum atomic E-state index is 12.0. The second-order valence-electron chi connectivity index (χ2n) is 4.82. The van der Waals surface area contributed by atoms with E-state index in [1.165, 1.54) is 0 Å². The molecular weight excluding hydrogens is 280 g/mol. The van der Waals surface area contributed by atoms with E-state index in [4.69, 9.17) is 11.6 Å². The maximum absolute atomic E-state index is 12.0. The van der Waals surface area contributed by atoms with Gasteiger partial charge in [0.2, 0.25) is 0 Å². The van der Waals surface area contributed by atoms with E-state index in [2.05, 4.69) is 0 Å². The Labute approximate surface area is 121 Å². The number of carboxylic acid groups (broad SMARTS) is 1. The Kier molecular flexibility index (Phi) is 4.11. The fourth-order valence-electron chi connectivity index (χ4n) is 2.07. The zero-order valence-electron chi connectivity index (χ0n) is 11.3. The van der Waals surface area contributed by atoms with Crippen LogP contribution in [0.4, 0.5) is 0 Å². The van der Waals surface area contributed by atoms with Crippen LogP contribution < -0.4 is 5.43 Å². The fraction of sp³-hybridized carbons (Fsp3) is 0.286. The molecule has 0 spiro atoms. The van der Waals surface area contributed by atoms with Crippen molar-refractivity contribution in [2.75, 3.05) is 20.6 Å². The van der Waals surface area contributed by atoms with E-state index < -0.39 is 5.97 Å². The number of pyridine rings is 1. The van der Waals surface area contributed by atoms with Crippen molar-refractivity contribution in [3.05, 3.63) is 45.2 Å². The van der Waals surface area contributed by atoms with Gasteiger partial charge in [-0.1, -0.05) is 11.6 Å². The van der Waals surface area contributed by atoms with Crippen molar-refractivity contribution in [2.45, 2.75) is 6.54 Å². The van der Waals surface area contributed by atoms with Gasteiger partial charge in [0.05, 0.1) is 5.52 Å². The van der Waals surface area contributed by atoms with E-state index >= 15 is 0 Å². The van der Waals surface area contributed by atoms with Crippen LogP contribution in [0.3, 0.4) is 0 Å². The quantitative estimate of drug-likeness (QED) is 0.936. The lowest BCUT2D eigenvalue weighted by molar-refractivity contribution is 0.0684. The molecule has 0 saturated carbocycles. The minimum absolute atomic E-state index is 0.00771. The molecule has 0 unspecified atom stereocenters. The number of halogens is 1. The van der Waals surface area contributed by atoms with Gasteiger partial charge in [-0.15, -0.1) is 0 Å². The van der Waals surface area contributed by atoms with Crippen LogP contribution in [0.2, 0.25) is 5.02 Å². The Balaban J connectivity index is 2.72. The Bertz CT molecular complexity index is 722. The zero-order valence-corrected chi connectivity index (χ0v) is 12.0. The largest absolute Gasteiger partial charge is 0.477 e. The van der Waals surface area contributed by atoms with Gasteiger partial charge in [-0.25, -0.2) is 4.79 Å². The number of carboxylic acids is 1. The van der Waals surface area contributed by atoms with E-state index in [0.717, 1.165) is 6.07 Å². The number of fused-ring (bicyclic) bond motifs is 1. The molecule has 20 heavy (non-hydrogen) atoms. The van der Waals surface area contributed by atoms with Crippen molar-refractivity contribution >= 4 is 28.5 Å². The summed E-state index contributed by atoms with van der Waals surface area (Å²) in [5.74, 6) is -1.11. The Morgan fingerprint density at radius 1 is 1.35 bits per heavy atom. The molecule has 106 valence electrons. The lowest BCUT2D eigenvalue weighted by atomic mass is 10.1. The molecule has 0 fully saturated rings. The monoisotopic (exact) mass is 294 g/mol. The Morgan fingerprint density at radius 3 is 2.65 bits per heavy atom. The number of hydrogen-bond acceptors (Lipinski definition) is 3. The van der Waals surface area contributed by atoms with Crippen LogP contribution in [0.25, 0.3) is 10.9 Å². The van der Waals surface area contributed by atoms with E-state index in [-0.39, 0.29) is 11.1 Å². The normalized spacial score (nSPS) is 11.2. The third kappa shape index (κ3) is 2.84. The molecule has 5 nitrogen and oxygen atoms in total. The molecule has 0 aliphatic heterocycles. The Morgan fingerprint density at radius 2 is 2.05 bits per heavy atom. The maximum Gasteiger partial charge on any atom is 0.352 e. The van der Waals surface area contributed by atoms with E-state index in [1.807, 2.05) is 19.0 Å². The molecular formula is C14H15ClN2O3. The van der Waals surface area contributed by atoms with Gasteiger partial charge in [-0.05, 0) is 32.3 Å². The molecule has 2 aromatic rings. The van der Waals surface area contributed by atoms with Gasteiger partial charge in [-0.3, -0.25) is 4.79 Å². The number of benzene rings is 1. The molecule has 0 saturated heterocycles. The number of nitrogens with zero attached hydrogens (tertiary/aromatic N) is 2. The van der Waals surface area contributed by atoms with Crippen LogP contribution in [-0.2, 0) is 6.54 Å². The van der Waals surface area contributed by atoms with Gasteiger partial charge in [0.15, 0.2) is 5.43 Å². The van der Waals surface area contributed by atoms with Crippen molar-refractivity contribution in [2.24, 2.45) is 0 Å². The van der Waals surface area contributed by atoms with Gasteiger partial charge in [0.1, 0.15) is 5.69 Å². The minimum Gasteiger partial charge on any atom is -0.477 e. The van der Waals surface area contributed by atoms with Crippen molar-refractivity contribution in [3.8, 4) is 0 Å². The topological polar surface area (TPSA) is 62.5 Å². The summed E-state index contributed by atoms with van der Waals surface area (Å²) in [6, 6.07) is 6.05. The first-order chi connectivity index (χ1) is 9.40. The minimum atomic E-state index is -1.11. The molecule has 2 rings (SSSR count). The van der Waals surface area contributed by atoms with E-state index in [1.54, 1.807) is 22.8 Å². The predicted octanol–water partition coefficient (Wildman–Crippen LogP) is 1.91. The van der Waals surface area contributed by atoms with Crippen molar-refractivity contribution in [1.82, 2.24) is 9.47 Å². The van der Waals surface area contributed by atoms with Gasteiger partial charge >= 0.3 is 5.97 Å². The first-order valence-corrected chi connectivity index (χ1v) is 6.49. The lowest BCUT2D eigenvalue weighted by Crippen LogP contribution is -2.24.